The number of ether oxygens (including phenoxy) is 1. The second-order valence-electron chi connectivity index (χ2n) is 4.61. The molecule has 0 aromatic heterocycles. The van der Waals surface area contributed by atoms with E-state index >= 15 is 0 Å². The Morgan fingerprint density at radius 1 is 1.15 bits per heavy atom. The molecule has 2 nitrogen and oxygen atoms in total. The lowest BCUT2D eigenvalue weighted by molar-refractivity contribution is 0.410. The van der Waals surface area contributed by atoms with Crippen LogP contribution in [0.3, 0.4) is 0 Å². The molecule has 20 heavy (non-hydrogen) atoms. The molecule has 0 radical (unpaired) electrons. The maximum atomic E-state index is 13.8. The van der Waals surface area contributed by atoms with E-state index in [0.717, 1.165) is 5.56 Å². The number of halogens is 2. The van der Waals surface area contributed by atoms with E-state index in [-0.39, 0.29) is 17.7 Å². The van der Waals surface area contributed by atoms with E-state index in [1.165, 1.54) is 25.3 Å². The second kappa shape index (κ2) is 6.48. The van der Waals surface area contributed by atoms with Gasteiger partial charge in [-0.25, -0.2) is 8.78 Å². The van der Waals surface area contributed by atoms with Gasteiger partial charge in [0.05, 0.1) is 7.11 Å². The summed E-state index contributed by atoms with van der Waals surface area (Å²) in [5, 5.41) is 3.17. The van der Waals surface area contributed by atoms with Crippen LogP contribution in [0.2, 0.25) is 0 Å². The number of rotatable bonds is 5. The molecular weight excluding hydrogens is 260 g/mol. The maximum absolute atomic E-state index is 13.8. The Hall–Kier alpha value is -1.94. The smallest absolute Gasteiger partial charge is 0.131 e. The molecule has 0 amide bonds. The van der Waals surface area contributed by atoms with Crippen molar-refractivity contribution in [1.29, 1.82) is 0 Å². The van der Waals surface area contributed by atoms with Crippen molar-refractivity contribution in [2.45, 2.75) is 19.5 Å². The predicted octanol–water partition coefficient (Wildman–Crippen LogP) is 3.82. The van der Waals surface area contributed by atoms with E-state index < -0.39 is 0 Å². The lowest BCUT2D eigenvalue weighted by Crippen LogP contribution is -2.18. The van der Waals surface area contributed by atoms with Gasteiger partial charge in [-0.15, -0.1) is 0 Å². The molecule has 0 aliphatic rings. The van der Waals surface area contributed by atoms with Crippen LogP contribution in [0.4, 0.5) is 8.78 Å². The fourth-order valence-corrected chi connectivity index (χ4v) is 1.96. The van der Waals surface area contributed by atoms with Crippen molar-refractivity contribution >= 4 is 0 Å². The highest BCUT2D eigenvalue weighted by Gasteiger charge is 2.08. The molecular formula is C16H17F2NO. The van der Waals surface area contributed by atoms with E-state index in [4.69, 9.17) is 4.74 Å². The molecule has 0 saturated carbocycles. The molecule has 1 atom stereocenters. The number of benzene rings is 2. The average Bonchev–Trinajstić information content (AvgIpc) is 2.45. The lowest BCUT2D eigenvalue weighted by Gasteiger charge is -2.15. The van der Waals surface area contributed by atoms with Crippen LogP contribution in [-0.4, -0.2) is 7.11 Å². The van der Waals surface area contributed by atoms with Crippen LogP contribution >= 0.6 is 0 Å². The quantitative estimate of drug-likeness (QED) is 0.897. The summed E-state index contributed by atoms with van der Waals surface area (Å²) in [5.74, 6) is -0.0977. The molecule has 0 aliphatic carbocycles. The highest BCUT2D eigenvalue weighted by molar-refractivity contribution is 5.29. The fraction of sp³-hybridized carbons (Fsp3) is 0.250. The third kappa shape index (κ3) is 3.54. The third-order valence-corrected chi connectivity index (χ3v) is 3.21. The van der Waals surface area contributed by atoms with Crippen LogP contribution in [0.15, 0.2) is 42.5 Å². The fourth-order valence-electron chi connectivity index (χ4n) is 1.96. The van der Waals surface area contributed by atoms with Gasteiger partial charge in [-0.3, -0.25) is 0 Å². The largest absolute Gasteiger partial charge is 0.497 e. The summed E-state index contributed by atoms with van der Waals surface area (Å²) in [6.07, 6.45) is 0. The van der Waals surface area contributed by atoms with Gasteiger partial charge in [0.25, 0.3) is 0 Å². The molecule has 2 aromatic carbocycles. The van der Waals surface area contributed by atoms with Crippen LogP contribution in [0.5, 0.6) is 5.75 Å². The summed E-state index contributed by atoms with van der Waals surface area (Å²) < 4.78 is 31.9. The summed E-state index contributed by atoms with van der Waals surface area (Å²) in [6.45, 7) is 2.28. The average molecular weight is 277 g/mol. The zero-order valence-corrected chi connectivity index (χ0v) is 11.5. The molecule has 106 valence electrons. The molecule has 0 saturated heterocycles. The molecule has 4 heteroatoms. The van der Waals surface area contributed by atoms with Crippen LogP contribution in [0.25, 0.3) is 0 Å². The highest BCUT2D eigenvalue weighted by Crippen LogP contribution is 2.18. The minimum atomic E-state index is -0.316. The van der Waals surface area contributed by atoms with E-state index in [0.29, 0.717) is 17.9 Å². The Morgan fingerprint density at radius 3 is 2.60 bits per heavy atom. The van der Waals surface area contributed by atoms with Crippen LogP contribution in [-0.2, 0) is 6.54 Å². The molecule has 2 rings (SSSR count). The van der Waals surface area contributed by atoms with E-state index in [9.17, 15) is 8.78 Å². The summed E-state index contributed by atoms with van der Waals surface area (Å²) in [5.41, 5.74) is 1.38. The third-order valence-electron chi connectivity index (χ3n) is 3.21. The van der Waals surface area contributed by atoms with Crippen molar-refractivity contribution in [2.24, 2.45) is 0 Å². The number of hydrogen-bond donors (Lipinski definition) is 1. The van der Waals surface area contributed by atoms with Crippen LogP contribution in [0.1, 0.15) is 24.1 Å². The summed E-state index contributed by atoms with van der Waals surface area (Å²) in [4.78, 5) is 0. The number of nitrogens with one attached hydrogen (secondary N) is 1. The van der Waals surface area contributed by atoms with Crippen molar-refractivity contribution in [3.05, 3.63) is 65.2 Å². The first-order chi connectivity index (χ1) is 9.60. The number of hydrogen-bond acceptors (Lipinski definition) is 2. The number of methoxy groups -OCH3 is 1. The van der Waals surface area contributed by atoms with Gasteiger partial charge in [-0.1, -0.05) is 18.2 Å². The second-order valence-corrected chi connectivity index (χ2v) is 4.61. The first kappa shape index (κ1) is 14.5. The first-order valence-electron chi connectivity index (χ1n) is 6.41. The van der Waals surface area contributed by atoms with E-state index in [1.54, 1.807) is 18.2 Å². The molecule has 0 bridgehead atoms. The molecule has 0 heterocycles. The van der Waals surface area contributed by atoms with Crippen molar-refractivity contribution in [3.8, 4) is 5.75 Å². The van der Waals surface area contributed by atoms with E-state index in [2.05, 4.69) is 5.32 Å². The van der Waals surface area contributed by atoms with Gasteiger partial charge in [0.2, 0.25) is 0 Å². The Balaban J connectivity index is 2.01. The highest BCUT2D eigenvalue weighted by atomic mass is 19.1. The Kier molecular flexibility index (Phi) is 4.69. The van der Waals surface area contributed by atoms with Crippen LogP contribution in [0, 0.1) is 11.6 Å². The zero-order valence-electron chi connectivity index (χ0n) is 11.5. The van der Waals surface area contributed by atoms with Gasteiger partial charge in [0.15, 0.2) is 0 Å². The predicted molar refractivity (Wildman–Crippen MR) is 74.6 cm³/mol. The standard InChI is InChI=1S/C16H17F2NO/c1-11(12-4-3-5-14(17)8-12)19-10-13-6-7-15(20-2)9-16(13)18/h3-9,11,19H,10H2,1-2H3. The first-order valence-corrected chi connectivity index (χ1v) is 6.41. The summed E-state index contributed by atoms with van der Waals surface area (Å²) >= 11 is 0. The van der Waals surface area contributed by atoms with Gasteiger partial charge >= 0.3 is 0 Å². The Morgan fingerprint density at radius 2 is 1.95 bits per heavy atom. The minimum absolute atomic E-state index is 0.0628. The van der Waals surface area contributed by atoms with Crippen molar-refractivity contribution in [2.75, 3.05) is 7.11 Å². The van der Waals surface area contributed by atoms with Crippen molar-refractivity contribution < 1.29 is 13.5 Å². The molecule has 0 aliphatic heterocycles. The zero-order chi connectivity index (χ0) is 14.5. The monoisotopic (exact) mass is 277 g/mol. The summed E-state index contributed by atoms with van der Waals surface area (Å²) in [7, 11) is 1.50. The van der Waals surface area contributed by atoms with Crippen molar-refractivity contribution in [1.82, 2.24) is 5.32 Å². The maximum Gasteiger partial charge on any atom is 0.131 e. The van der Waals surface area contributed by atoms with Gasteiger partial charge in [-0.05, 0) is 30.7 Å². The molecule has 1 N–H and O–H groups in total. The molecule has 2 aromatic rings. The van der Waals surface area contributed by atoms with Gasteiger partial charge < -0.3 is 10.1 Å². The minimum Gasteiger partial charge on any atom is -0.497 e. The van der Waals surface area contributed by atoms with Crippen LogP contribution < -0.4 is 10.1 Å². The summed E-state index contributed by atoms with van der Waals surface area (Å²) in [6, 6.07) is 11.1. The van der Waals surface area contributed by atoms with Gasteiger partial charge in [0.1, 0.15) is 17.4 Å². The topological polar surface area (TPSA) is 21.3 Å². The Labute approximate surface area is 117 Å². The Bertz CT molecular complexity index is 586. The molecule has 0 fully saturated rings. The lowest BCUT2D eigenvalue weighted by atomic mass is 10.1. The van der Waals surface area contributed by atoms with E-state index in [1.807, 2.05) is 13.0 Å². The molecule has 0 spiro atoms. The molecule has 1 unspecified atom stereocenters. The van der Waals surface area contributed by atoms with Crippen molar-refractivity contribution in [3.63, 3.8) is 0 Å². The van der Waals surface area contributed by atoms with Gasteiger partial charge in [-0.2, -0.15) is 0 Å². The normalized spacial score (nSPS) is 12.2. The van der Waals surface area contributed by atoms with Gasteiger partial charge in [0, 0.05) is 24.2 Å². The SMILES string of the molecule is COc1ccc(CNC(C)c2cccc(F)c2)c(F)c1.